The van der Waals surface area contributed by atoms with Crippen molar-refractivity contribution in [1.29, 1.82) is 0 Å². The molecule has 4 bridgehead atoms. The van der Waals surface area contributed by atoms with Crippen LogP contribution in [0.2, 0.25) is 0 Å². The summed E-state index contributed by atoms with van der Waals surface area (Å²) in [4.78, 5) is 0. The fraction of sp³-hybridized carbons (Fsp3) is 1.00. The highest BCUT2D eigenvalue weighted by molar-refractivity contribution is 4.98. The van der Waals surface area contributed by atoms with Crippen LogP contribution in [0.1, 0.15) is 46.0 Å². The van der Waals surface area contributed by atoms with Crippen LogP contribution in [0.15, 0.2) is 0 Å². The van der Waals surface area contributed by atoms with Crippen LogP contribution in [0.25, 0.3) is 0 Å². The molecule has 0 atom stereocenters. The molecule has 0 amide bonds. The molecule has 0 heterocycles. The van der Waals surface area contributed by atoms with Gasteiger partial charge in [-0.2, -0.15) is 0 Å². The lowest BCUT2D eigenvalue weighted by molar-refractivity contribution is -0.0356. The van der Waals surface area contributed by atoms with Crippen LogP contribution < -0.4 is 11.1 Å². The Hall–Kier alpha value is -0.0800. The molecule has 0 spiro atoms. The Morgan fingerprint density at radius 1 is 1.00 bits per heavy atom. The summed E-state index contributed by atoms with van der Waals surface area (Å²) in [6.07, 6.45) is 7.69. The highest BCUT2D eigenvalue weighted by Gasteiger charge is 2.47. The van der Waals surface area contributed by atoms with Gasteiger partial charge in [0.15, 0.2) is 0 Å². The van der Waals surface area contributed by atoms with E-state index in [9.17, 15) is 0 Å². The van der Waals surface area contributed by atoms with E-state index in [1.54, 1.807) is 6.42 Å². The van der Waals surface area contributed by atoms with Crippen molar-refractivity contribution in [3.8, 4) is 0 Å². The van der Waals surface area contributed by atoms with Crippen molar-refractivity contribution < 1.29 is 0 Å². The summed E-state index contributed by atoms with van der Waals surface area (Å²) in [5.41, 5.74) is 5.97. The molecule has 4 fully saturated rings. The lowest BCUT2D eigenvalue weighted by Crippen LogP contribution is -2.50. The average Bonchev–Trinajstić information content (AvgIpc) is 2.19. The molecule has 4 rings (SSSR count). The van der Waals surface area contributed by atoms with Gasteiger partial charge in [-0.25, -0.2) is 0 Å². The first-order valence-corrected chi connectivity index (χ1v) is 7.51. The van der Waals surface area contributed by atoms with E-state index in [1.807, 2.05) is 0 Å². The SMILES string of the molecule is CC(C)(N)CNCC1C2CC3CC(C2)CC1C3. The molecule has 4 aliphatic carbocycles. The molecule has 17 heavy (non-hydrogen) atoms. The van der Waals surface area contributed by atoms with Crippen LogP contribution in [0.5, 0.6) is 0 Å². The summed E-state index contributed by atoms with van der Waals surface area (Å²) in [5, 5.41) is 3.63. The topological polar surface area (TPSA) is 38.0 Å². The second-order valence-corrected chi connectivity index (χ2v) is 7.71. The highest BCUT2D eigenvalue weighted by atomic mass is 14.9. The van der Waals surface area contributed by atoms with Gasteiger partial charge in [0.25, 0.3) is 0 Å². The number of nitrogens with two attached hydrogens (primary N) is 1. The molecule has 2 heteroatoms. The second kappa shape index (κ2) is 4.24. The summed E-state index contributed by atoms with van der Waals surface area (Å²) in [7, 11) is 0. The molecule has 0 unspecified atom stereocenters. The Morgan fingerprint density at radius 2 is 1.53 bits per heavy atom. The molecule has 0 aliphatic heterocycles. The normalized spacial score (nSPS) is 44.3. The predicted octanol–water partition coefficient (Wildman–Crippen LogP) is 2.39. The quantitative estimate of drug-likeness (QED) is 0.786. The smallest absolute Gasteiger partial charge is 0.0223 e. The van der Waals surface area contributed by atoms with Crippen molar-refractivity contribution in [3.63, 3.8) is 0 Å². The minimum Gasteiger partial charge on any atom is -0.324 e. The van der Waals surface area contributed by atoms with E-state index in [1.165, 1.54) is 32.2 Å². The van der Waals surface area contributed by atoms with Crippen molar-refractivity contribution in [2.45, 2.75) is 51.5 Å². The highest BCUT2D eigenvalue weighted by Crippen LogP contribution is 2.56. The Labute approximate surface area is 106 Å². The van der Waals surface area contributed by atoms with Crippen molar-refractivity contribution in [2.24, 2.45) is 35.3 Å². The van der Waals surface area contributed by atoms with E-state index in [2.05, 4.69) is 19.2 Å². The second-order valence-electron chi connectivity index (χ2n) is 7.71. The van der Waals surface area contributed by atoms with E-state index in [0.717, 1.165) is 36.1 Å². The summed E-state index contributed by atoms with van der Waals surface area (Å²) in [6.45, 7) is 6.39. The maximum atomic E-state index is 6.03. The summed E-state index contributed by atoms with van der Waals surface area (Å²) in [6, 6.07) is 0. The van der Waals surface area contributed by atoms with Crippen molar-refractivity contribution >= 4 is 0 Å². The van der Waals surface area contributed by atoms with E-state index < -0.39 is 0 Å². The van der Waals surface area contributed by atoms with Crippen LogP contribution in [0, 0.1) is 29.6 Å². The summed E-state index contributed by atoms with van der Waals surface area (Å²) in [5.74, 6) is 5.24. The molecule has 0 saturated heterocycles. The van der Waals surface area contributed by atoms with Gasteiger partial charge < -0.3 is 11.1 Å². The molecule has 0 aromatic carbocycles. The lowest BCUT2D eigenvalue weighted by Gasteiger charge is -2.54. The predicted molar refractivity (Wildman–Crippen MR) is 71.7 cm³/mol. The fourth-order valence-electron chi connectivity index (χ4n) is 4.93. The third kappa shape index (κ3) is 2.53. The van der Waals surface area contributed by atoms with Gasteiger partial charge in [0.2, 0.25) is 0 Å². The van der Waals surface area contributed by atoms with Gasteiger partial charge >= 0.3 is 0 Å². The Bertz CT molecular complexity index is 251. The molecule has 4 aliphatic rings. The van der Waals surface area contributed by atoms with Crippen molar-refractivity contribution in [3.05, 3.63) is 0 Å². The van der Waals surface area contributed by atoms with Crippen LogP contribution in [-0.4, -0.2) is 18.6 Å². The zero-order valence-electron chi connectivity index (χ0n) is 11.4. The number of nitrogens with one attached hydrogen (secondary N) is 1. The van der Waals surface area contributed by atoms with Crippen LogP contribution >= 0.6 is 0 Å². The number of hydrogen-bond acceptors (Lipinski definition) is 2. The van der Waals surface area contributed by atoms with Crippen molar-refractivity contribution in [2.75, 3.05) is 13.1 Å². The molecule has 98 valence electrons. The molecule has 3 N–H and O–H groups in total. The minimum atomic E-state index is -0.0636. The van der Waals surface area contributed by atoms with Gasteiger partial charge in [-0.15, -0.1) is 0 Å². The maximum absolute atomic E-state index is 6.03. The van der Waals surface area contributed by atoms with Gasteiger partial charge in [-0.05, 0) is 82.1 Å². The molecular formula is C15H28N2. The number of hydrogen-bond donors (Lipinski definition) is 2. The summed E-state index contributed by atoms with van der Waals surface area (Å²) < 4.78 is 0. The van der Waals surface area contributed by atoms with E-state index in [-0.39, 0.29) is 5.54 Å². The van der Waals surface area contributed by atoms with Crippen LogP contribution in [0.3, 0.4) is 0 Å². The van der Waals surface area contributed by atoms with E-state index in [0.29, 0.717) is 0 Å². The average molecular weight is 236 g/mol. The zero-order valence-corrected chi connectivity index (χ0v) is 11.4. The third-order valence-electron chi connectivity index (χ3n) is 5.38. The monoisotopic (exact) mass is 236 g/mol. The van der Waals surface area contributed by atoms with Gasteiger partial charge in [0.05, 0.1) is 0 Å². The Balaban J connectivity index is 1.54. The fourth-order valence-corrected chi connectivity index (χ4v) is 4.93. The van der Waals surface area contributed by atoms with Gasteiger partial charge in [0, 0.05) is 12.1 Å². The van der Waals surface area contributed by atoms with Crippen LogP contribution in [0.4, 0.5) is 0 Å². The largest absolute Gasteiger partial charge is 0.324 e. The van der Waals surface area contributed by atoms with Gasteiger partial charge in [-0.1, -0.05) is 0 Å². The van der Waals surface area contributed by atoms with Crippen LogP contribution in [-0.2, 0) is 0 Å². The third-order valence-corrected chi connectivity index (χ3v) is 5.38. The first-order valence-electron chi connectivity index (χ1n) is 7.51. The number of rotatable bonds is 4. The lowest BCUT2D eigenvalue weighted by atomic mass is 9.52. The maximum Gasteiger partial charge on any atom is 0.0223 e. The Morgan fingerprint density at radius 3 is 2.00 bits per heavy atom. The van der Waals surface area contributed by atoms with E-state index in [4.69, 9.17) is 5.73 Å². The van der Waals surface area contributed by atoms with Gasteiger partial charge in [-0.3, -0.25) is 0 Å². The molecule has 0 aromatic rings. The van der Waals surface area contributed by atoms with Crippen molar-refractivity contribution in [1.82, 2.24) is 5.32 Å². The first-order chi connectivity index (χ1) is 8.01. The first kappa shape index (κ1) is 12.0. The van der Waals surface area contributed by atoms with E-state index >= 15 is 0 Å². The summed E-state index contributed by atoms with van der Waals surface area (Å²) >= 11 is 0. The molecule has 0 aromatic heterocycles. The molecular weight excluding hydrogens is 208 g/mol. The standard InChI is InChI=1S/C15H28N2/c1-15(2,16)9-17-8-14-12-4-10-3-11(6-12)7-13(14)5-10/h10-14,17H,3-9,16H2,1-2H3. The molecule has 4 saturated carbocycles. The minimum absolute atomic E-state index is 0.0636. The zero-order chi connectivity index (χ0) is 12.0. The van der Waals surface area contributed by atoms with Gasteiger partial charge in [0.1, 0.15) is 0 Å². The molecule has 2 nitrogen and oxygen atoms in total. The Kier molecular flexibility index (Phi) is 2.99. The molecule has 0 radical (unpaired) electrons.